The number of rotatable bonds is 6. The molecule has 0 saturated carbocycles. The highest BCUT2D eigenvalue weighted by Crippen LogP contribution is 2.42. The zero-order valence-corrected chi connectivity index (χ0v) is 14.6. The summed E-state index contributed by atoms with van der Waals surface area (Å²) in [5.74, 6) is 2.01. The van der Waals surface area contributed by atoms with Gasteiger partial charge in [0.25, 0.3) is 0 Å². The van der Waals surface area contributed by atoms with Crippen molar-refractivity contribution >= 4 is 17.7 Å². The predicted molar refractivity (Wildman–Crippen MR) is 94.1 cm³/mol. The van der Waals surface area contributed by atoms with Gasteiger partial charge < -0.3 is 14.4 Å². The summed E-state index contributed by atoms with van der Waals surface area (Å²) in [5, 5.41) is -0.0374. The summed E-state index contributed by atoms with van der Waals surface area (Å²) in [6.45, 7) is 3.01. The lowest BCUT2D eigenvalue weighted by atomic mass is 10.1. The highest BCUT2D eigenvalue weighted by atomic mass is 32.2. The standard InChI is InChI=1S/C18H20N2O3S/c1-3-23-16-10-13(7-8-15(16)22-2)18-20(17(21)12-24-18)11-14-6-4-5-9-19-14/h4-10,18H,3,11-12H2,1-2H3. The number of hydrogen-bond donors (Lipinski definition) is 0. The molecule has 1 fully saturated rings. The van der Waals surface area contributed by atoms with E-state index in [2.05, 4.69) is 4.98 Å². The van der Waals surface area contributed by atoms with Crippen LogP contribution in [0.3, 0.4) is 0 Å². The van der Waals surface area contributed by atoms with Crippen LogP contribution in [0, 0.1) is 0 Å². The van der Waals surface area contributed by atoms with Gasteiger partial charge in [0.2, 0.25) is 5.91 Å². The maximum absolute atomic E-state index is 12.3. The molecule has 3 rings (SSSR count). The maximum Gasteiger partial charge on any atom is 0.234 e. The van der Waals surface area contributed by atoms with E-state index in [4.69, 9.17) is 9.47 Å². The molecule has 1 saturated heterocycles. The largest absolute Gasteiger partial charge is 0.493 e. The first kappa shape index (κ1) is 16.6. The molecule has 0 spiro atoms. The van der Waals surface area contributed by atoms with Crippen LogP contribution in [0.25, 0.3) is 0 Å². The molecule has 1 aliphatic heterocycles. The van der Waals surface area contributed by atoms with Gasteiger partial charge in [-0.3, -0.25) is 9.78 Å². The third kappa shape index (κ3) is 3.48. The normalized spacial score (nSPS) is 17.2. The van der Waals surface area contributed by atoms with Gasteiger partial charge in [-0.05, 0) is 36.8 Å². The van der Waals surface area contributed by atoms with E-state index in [1.807, 2.05) is 48.2 Å². The molecule has 1 amide bonds. The SMILES string of the molecule is CCOc1cc(C2SCC(=O)N2Cc2ccccn2)ccc1OC. The Balaban J connectivity index is 1.86. The summed E-state index contributed by atoms with van der Waals surface area (Å²) in [4.78, 5) is 18.5. The van der Waals surface area contributed by atoms with Crippen molar-refractivity contribution in [3.05, 3.63) is 53.9 Å². The van der Waals surface area contributed by atoms with Crippen molar-refractivity contribution < 1.29 is 14.3 Å². The van der Waals surface area contributed by atoms with Crippen molar-refractivity contribution in [2.75, 3.05) is 19.5 Å². The number of amides is 1. The first-order valence-corrected chi connectivity index (χ1v) is 8.89. The van der Waals surface area contributed by atoms with Gasteiger partial charge in [0.15, 0.2) is 11.5 Å². The van der Waals surface area contributed by atoms with E-state index >= 15 is 0 Å². The van der Waals surface area contributed by atoms with E-state index in [0.717, 1.165) is 11.3 Å². The summed E-state index contributed by atoms with van der Waals surface area (Å²) < 4.78 is 11.0. The number of hydrogen-bond acceptors (Lipinski definition) is 5. The van der Waals surface area contributed by atoms with Crippen LogP contribution in [0.15, 0.2) is 42.6 Å². The molecule has 1 aliphatic rings. The Morgan fingerprint density at radius 1 is 1.29 bits per heavy atom. The molecular formula is C18H20N2O3S. The van der Waals surface area contributed by atoms with E-state index in [0.29, 0.717) is 30.4 Å². The number of methoxy groups -OCH3 is 1. The van der Waals surface area contributed by atoms with Crippen LogP contribution in [0.2, 0.25) is 0 Å². The van der Waals surface area contributed by atoms with E-state index < -0.39 is 0 Å². The van der Waals surface area contributed by atoms with Crippen molar-refractivity contribution in [1.29, 1.82) is 0 Å². The molecule has 0 bridgehead atoms. The van der Waals surface area contributed by atoms with Gasteiger partial charge in [0.1, 0.15) is 5.37 Å². The molecule has 1 aromatic heterocycles. The number of nitrogens with zero attached hydrogens (tertiary/aromatic N) is 2. The quantitative estimate of drug-likeness (QED) is 0.805. The zero-order chi connectivity index (χ0) is 16.9. The molecule has 1 aromatic carbocycles. The Morgan fingerprint density at radius 2 is 2.17 bits per heavy atom. The topological polar surface area (TPSA) is 51.7 Å². The summed E-state index contributed by atoms with van der Waals surface area (Å²) in [7, 11) is 1.62. The minimum absolute atomic E-state index is 0.0374. The van der Waals surface area contributed by atoms with Gasteiger partial charge in [-0.2, -0.15) is 0 Å². The average molecular weight is 344 g/mol. The van der Waals surface area contributed by atoms with Crippen molar-refractivity contribution in [2.45, 2.75) is 18.8 Å². The summed E-state index contributed by atoms with van der Waals surface area (Å²) >= 11 is 1.62. The lowest BCUT2D eigenvalue weighted by Gasteiger charge is -2.24. The van der Waals surface area contributed by atoms with Gasteiger partial charge >= 0.3 is 0 Å². The number of carbonyl (C=O) groups is 1. The second kappa shape index (κ2) is 7.57. The first-order chi connectivity index (χ1) is 11.7. The fourth-order valence-corrected chi connectivity index (χ4v) is 3.86. The maximum atomic E-state index is 12.3. The molecule has 126 valence electrons. The smallest absolute Gasteiger partial charge is 0.234 e. The van der Waals surface area contributed by atoms with E-state index in [1.54, 1.807) is 25.1 Å². The van der Waals surface area contributed by atoms with Gasteiger partial charge in [-0.1, -0.05) is 12.1 Å². The summed E-state index contributed by atoms with van der Waals surface area (Å²) in [6.07, 6.45) is 1.75. The molecule has 1 atom stereocenters. The predicted octanol–water partition coefficient (Wildman–Crippen LogP) is 3.26. The Hall–Kier alpha value is -2.21. The fraction of sp³-hybridized carbons (Fsp3) is 0.333. The van der Waals surface area contributed by atoms with E-state index in [9.17, 15) is 4.79 Å². The minimum Gasteiger partial charge on any atom is -0.493 e. The molecule has 0 N–H and O–H groups in total. The fourth-order valence-electron chi connectivity index (χ4n) is 2.68. The third-order valence-electron chi connectivity index (χ3n) is 3.80. The number of carbonyl (C=O) groups excluding carboxylic acids is 1. The van der Waals surface area contributed by atoms with Crippen LogP contribution < -0.4 is 9.47 Å². The van der Waals surface area contributed by atoms with Crippen LogP contribution in [0.4, 0.5) is 0 Å². The molecule has 0 aliphatic carbocycles. The molecule has 2 aromatic rings. The molecule has 24 heavy (non-hydrogen) atoms. The molecule has 0 radical (unpaired) electrons. The zero-order valence-electron chi connectivity index (χ0n) is 13.8. The highest BCUT2D eigenvalue weighted by Gasteiger charge is 2.33. The van der Waals surface area contributed by atoms with Gasteiger partial charge in [-0.25, -0.2) is 0 Å². The minimum atomic E-state index is -0.0374. The Kier molecular flexibility index (Phi) is 5.25. The number of ether oxygens (including phenoxy) is 2. The summed E-state index contributed by atoms with van der Waals surface area (Å²) in [5.41, 5.74) is 1.92. The van der Waals surface area contributed by atoms with Gasteiger partial charge in [-0.15, -0.1) is 11.8 Å². The Labute approximate surface area is 146 Å². The Bertz CT molecular complexity index is 709. The second-order valence-corrected chi connectivity index (χ2v) is 6.42. The van der Waals surface area contributed by atoms with Crippen LogP contribution in [0.1, 0.15) is 23.6 Å². The number of pyridine rings is 1. The first-order valence-electron chi connectivity index (χ1n) is 7.84. The van der Waals surface area contributed by atoms with E-state index in [-0.39, 0.29) is 11.3 Å². The summed E-state index contributed by atoms with van der Waals surface area (Å²) in [6, 6.07) is 11.6. The lowest BCUT2D eigenvalue weighted by molar-refractivity contribution is -0.128. The van der Waals surface area contributed by atoms with Crippen molar-refractivity contribution in [2.24, 2.45) is 0 Å². The van der Waals surface area contributed by atoms with Crippen LogP contribution >= 0.6 is 11.8 Å². The van der Waals surface area contributed by atoms with Crippen molar-refractivity contribution in [3.8, 4) is 11.5 Å². The van der Waals surface area contributed by atoms with Crippen LogP contribution in [-0.4, -0.2) is 35.3 Å². The Morgan fingerprint density at radius 3 is 2.88 bits per heavy atom. The number of benzene rings is 1. The second-order valence-electron chi connectivity index (χ2n) is 5.35. The molecular weight excluding hydrogens is 324 g/mol. The highest BCUT2D eigenvalue weighted by molar-refractivity contribution is 8.00. The molecule has 1 unspecified atom stereocenters. The average Bonchev–Trinajstić information content (AvgIpc) is 2.97. The van der Waals surface area contributed by atoms with Crippen LogP contribution in [-0.2, 0) is 11.3 Å². The third-order valence-corrected chi connectivity index (χ3v) is 5.06. The number of thioether (sulfide) groups is 1. The van der Waals surface area contributed by atoms with Crippen LogP contribution in [0.5, 0.6) is 11.5 Å². The molecule has 2 heterocycles. The van der Waals surface area contributed by atoms with Gasteiger partial charge in [0, 0.05) is 6.20 Å². The van der Waals surface area contributed by atoms with E-state index in [1.165, 1.54) is 0 Å². The lowest BCUT2D eigenvalue weighted by Crippen LogP contribution is -2.28. The molecule has 5 nitrogen and oxygen atoms in total. The van der Waals surface area contributed by atoms with Crippen molar-refractivity contribution in [3.63, 3.8) is 0 Å². The van der Waals surface area contributed by atoms with Crippen molar-refractivity contribution in [1.82, 2.24) is 9.88 Å². The molecule has 6 heteroatoms. The number of aromatic nitrogens is 1. The monoisotopic (exact) mass is 344 g/mol. The van der Waals surface area contributed by atoms with Gasteiger partial charge in [0.05, 0.1) is 31.7 Å².